The Morgan fingerprint density at radius 2 is 2.00 bits per heavy atom. The highest BCUT2D eigenvalue weighted by Gasteiger charge is 2.01. The topological polar surface area (TPSA) is 61.2 Å². The van der Waals surface area contributed by atoms with Crippen LogP contribution in [0.3, 0.4) is 0 Å². The van der Waals surface area contributed by atoms with E-state index in [1.165, 1.54) is 0 Å². The van der Waals surface area contributed by atoms with Gasteiger partial charge in [0.1, 0.15) is 18.1 Å². The summed E-state index contributed by atoms with van der Waals surface area (Å²) in [5, 5.41) is 11.4. The number of nitrogens with zero attached hydrogens (tertiary/aromatic N) is 3. The van der Waals surface area contributed by atoms with E-state index in [4.69, 9.17) is 9.47 Å². The molecule has 1 aromatic carbocycles. The maximum atomic E-state index is 5.70. The lowest BCUT2D eigenvalue weighted by atomic mass is 10.3. The van der Waals surface area contributed by atoms with Crippen molar-refractivity contribution in [2.45, 2.75) is 26.9 Å². The minimum atomic E-state index is 0.541. The van der Waals surface area contributed by atoms with E-state index in [0.717, 1.165) is 30.3 Å². The lowest BCUT2D eigenvalue weighted by Gasteiger charge is -2.08. The number of aromatic nitrogens is 3. The Morgan fingerprint density at radius 1 is 1.19 bits per heavy atom. The molecule has 0 aliphatic heterocycles. The second-order valence-corrected chi connectivity index (χ2v) is 4.51. The van der Waals surface area contributed by atoms with Crippen molar-refractivity contribution in [2.24, 2.45) is 0 Å². The van der Waals surface area contributed by atoms with Crippen LogP contribution in [0.1, 0.15) is 19.5 Å². The molecule has 0 radical (unpaired) electrons. The molecule has 0 amide bonds. The van der Waals surface area contributed by atoms with Gasteiger partial charge in [0, 0.05) is 18.8 Å². The fraction of sp³-hybridized carbons (Fsp3) is 0.467. The van der Waals surface area contributed by atoms with Crippen molar-refractivity contribution in [3.05, 3.63) is 36.2 Å². The van der Waals surface area contributed by atoms with Crippen LogP contribution >= 0.6 is 0 Å². The van der Waals surface area contributed by atoms with Crippen LogP contribution < -0.4 is 14.8 Å². The first-order chi connectivity index (χ1) is 10.3. The predicted molar refractivity (Wildman–Crippen MR) is 80.5 cm³/mol. The third kappa shape index (κ3) is 5.07. The van der Waals surface area contributed by atoms with Gasteiger partial charge in [-0.25, -0.2) is 4.68 Å². The van der Waals surface area contributed by atoms with Gasteiger partial charge in [0.15, 0.2) is 0 Å². The molecule has 0 fully saturated rings. The van der Waals surface area contributed by atoms with Gasteiger partial charge in [-0.05, 0) is 25.6 Å². The van der Waals surface area contributed by atoms with Crippen molar-refractivity contribution in [1.29, 1.82) is 0 Å². The summed E-state index contributed by atoms with van der Waals surface area (Å²) in [4.78, 5) is 0. The lowest BCUT2D eigenvalue weighted by molar-refractivity contribution is 0.285. The van der Waals surface area contributed by atoms with Gasteiger partial charge >= 0.3 is 0 Å². The maximum Gasteiger partial charge on any atom is 0.123 e. The summed E-state index contributed by atoms with van der Waals surface area (Å²) >= 11 is 0. The molecule has 0 spiro atoms. The summed E-state index contributed by atoms with van der Waals surface area (Å²) in [6.07, 6.45) is 1.93. The largest absolute Gasteiger partial charge is 0.494 e. The summed E-state index contributed by atoms with van der Waals surface area (Å²) in [5.41, 5.74) is 0.940. The van der Waals surface area contributed by atoms with Crippen LogP contribution in [-0.2, 0) is 13.1 Å². The van der Waals surface area contributed by atoms with Crippen LogP contribution in [-0.4, -0.2) is 34.8 Å². The molecule has 0 aliphatic rings. The summed E-state index contributed by atoms with van der Waals surface area (Å²) < 4.78 is 12.9. The zero-order chi connectivity index (χ0) is 14.9. The van der Waals surface area contributed by atoms with E-state index in [1.54, 1.807) is 4.68 Å². The molecule has 0 unspecified atom stereocenters. The van der Waals surface area contributed by atoms with E-state index in [1.807, 2.05) is 37.4 Å². The molecule has 0 saturated carbocycles. The Hall–Kier alpha value is -2.08. The van der Waals surface area contributed by atoms with Crippen LogP contribution in [0.4, 0.5) is 0 Å². The molecule has 0 bridgehead atoms. The molecule has 2 rings (SSSR count). The molecule has 1 heterocycles. The Kier molecular flexibility index (Phi) is 6.02. The number of hydrogen-bond acceptors (Lipinski definition) is 5. The molecule has 0 atom stereocenters. The molecule has 2 aromatic rings. The van der Waals surface area contributed by atoms with Crippen LogP contribution in [0.2, 0.25) is 0 Å². The molecule has 1 N–H and O–H groups in total. The van der Waals surface area contributed by atoms with Gasteiger partial charge in [0.05, 0.1) is 18.8 Å². The van der Waals surface area contributed by atoms with E-state index >= 15 is 0 Å². The van der Waals surface area contributed by atoms with Gasteiger partial charge in [-0.2, -0.15) is 0 Å². The fourth-order valence-corrected chi connectivity index (χ4v) is 1.86. The zero-order valence-electron chi connectivity index (χ0n) is 12.6. The quantitative estimate of drug-likeness (QED) is 0.764. The fourth-order valence-electron chi connectivity index (χ4n) is 1.86. The molecular weight excluding hydrogens is 268 g/mol. The molecule has 114 valence electrons. The Bertz CT molecular complexity index is 542. The smallest absolute Gasteiger partial charge is 0.123 e. The van der Waals surface area contributed by atoms with Gasteiger partial charge in [0.25, 0.3) is 0 Å². The predicted octanol–water partition coefficient (Wildman–Crippen LogP) is 1.87. The van der Waals surface area contributed by atoms with Crippen LogP contribution in [0.25, 0.3) is 0 Å². The van der Waals surface area contributed by atoms with E-state index in [2.05, 4.69) is 22.6 Å². The van der Waals surface area contributed by atoms with E-state index in [-0.39, 0.29) is 0 Å². The number of ether oxygens (including phenoxy) is 2. The van der Waals surface area contributed by atoms with E-state index < -0.39 is 0 Å². The molecule has 6 nitrogen and oxygen atoms in total. The third-order valence-electron chi connectivity index (χ3n) is 2.85. The number of hydrogen-bond donors (Lipinski definition) is 1. The molecular formula is C15H22N4O2. The van der Waals surface area contributed by atoms with Crippen molar-refractivity contribution >= 4 is 0 Å². The number of rotatable bonds is 9. The van der Waals surface area contributed by atoms with Gasteiger partial charge in [-0.15, -0.1) is 5.10 Å². The van der Waals surface area contributed by atoms with Crippen molar-refractivity contribution in [3.8, 4) is 11.5 Å². The van der Waals surface area contributed by atoms with Crippen LogP contribution in [0, 0.1) is 0 Å². The Labute approximate surface area is 125 Å². The SMILES string of the molecule is CCNCc1cn(CCOc2cccc(OCC)c2)nn1. The molecule has 21 heavy (non-hydrogen) atoms. The van der Waals surface area contributed by atoms with E-state index in [9.17, 15) is 0 Å². The van der Waals surface area contributed by atoms with Crippen molar-refractivity contribution in [1.82, 2.24) is 20.3 Å². The van der Waals surface area contributed by atoms with Gasteiger partial charge in [-0.3, -0.25) is 0 Å². The van der Waals surface area contributed by atoms with Gasteiger partial charge in [-0.1, -0.05) is 18.2 Å². The molecule has 0 aliphatic carbocycles. The molecule has 1 aromatic heterocycles. The summed E-state index contributed by atoms with van der Waals surface area (Å²) in [6.45, 7) is 7.55. The van der Waals surface area contributed by atoms with Gasteiger partial charge in [0.2, 0.25) is 0 Å². The lowest BCUT2D eigenvalue weighted by Crippen LogP contribution is -2.12. The normalized spacial score (nSPS) is 10.6. The first kappa shape index (κ1) is 15.3. The van der Waals surface area contributed by atoms with Gasteiger partial charge < -0.3 is 14.8 Å². The van der Waals surface area contributed by atoms with Crippen molar-refractivity contribution in [3.63, 3.8) is 0 Å². The molecule has 0 saturated heterocycles. The Morgan fingerprint density at radius 3 is 2.76 bits per heavy atom. The summed E-state index contributed by atoms with van der Waals surface area (Å²) in [5.74, 6) is 1.62. The standard InChI is InChI=1S/C15H22N4O2/c1-3-16-11-13-12-19(18-17-13)8-9-21-15-7-5-6-14(10-15)20-4-2/h5-7,10,12,16H,3-4,8-9,11H2,1-2H3. The first-order valence-electron chi connectivity index (χ1n) is 7.27. The van der Waals surface area contributed by atoms with Crippen molar-refractivity contribution < 1.29 is 9.47 Å². The third-order valence-corrected chi connectivity index (χ3v) is 2.85. The van der Waals surface area contributed by atoms with Crippen molar-refractivity contribution in [2.75, 3.05) is 19.8 Å². The highest BCUT2D eigenvalue weighted by Crippen LogP contribution is 2.19. The maximum absolute atomic E-state index is 5.70. The first-order valence-corrected chi connectivity index (χ1v) is 7.27. The average Bonchev–Trinajstić information content (AvgIpc) is 2.94. The second-order valence-electron chi connectivity index (χ2n) is 4.51. The summed E-state index contributed by atoms with van der Waals surface area (Å²) in [7, 11) is 0. The monoisotopic (exact) mass is 290 g/mol. The van der Waals surface area contributed by atoms with Crippen LogP contribution in [0.15, 0.2) is 30.5 Å². The Balaban J connectivity index is 1.78. The zero-order valence-corrected chi connectivity index (χ0v) is 12.6. The number of nitrogens with one attached hydrogen (secondary N) is 1. The second kappa shape index (κ2) is 8.26. The minimum absolute atomic E-state index is 0.541. The highest BCUT2D eigenvalue weighted by atomic mass is 16.5. The highest BCUT2D eigenvalue weighted by molar-refractivity contribution is 5.32. The van der Waals surface area contributed by atoms with E-state index in [0.29, 0.717) is 19.8 Å². The number of benzene rings is 1. The van der Waals surface area contributed by atoms with Crippen LogP contribution in [0.5, 0.6) is 11.5 Å². The average molecular weight is 290 g/mol. The summed E-state index contributed by atoms with van der Waals surface area (Å²) in [6, 6.07) is 7.65. The molecule has 6 heteroatoms. The minimum Gasteiger partial charge on any atom is -0.494 e.